The molecule has 6 nitrogen and oxygen atoms in total. The van der Waals surface area contributed by atoms with E-state index in [4.69, 9.17) is 4.74 Å². The van der Waals surface area contributed by atoms with E-state index in [1.54, 1.807) is 0 Å². The van der Waals surface area contributed by atoms with Gasteiger partial charge in [0.25, 0.3) is 5.91 Å². The first kappa shape index (κ1) is 15.7. The highest BCUT2D eigenvalue weighted by Crippen LogP contribution is 2.41. The molecule has 0 unspecified atom stereocenters. The summed E-state index contributed by atoms with van der Waals surface area (Å²) < 4.78 is 45.2. The van der Waals surface area contributed by atoms with Gasteiger partial charge in [-0.05, 0) is 18.9 Å². The fraction of sp³-hybridized carbons (Fsp3) is 0.500. The Balaban J connectivity index is 1.98. The maximum Gasteiger partial charge on any atom is 0.433 e. The number of hydrogen-bond acceptors (Lipinski definition) is 4. The van der Waals surface area contributed by atoms with Crippen molar-refractivity contribution in [2.75, 3.05) is 20.3 Å². The molecule has 0 bridgehead atoms. The Kier molecular flexibility index (Phi) is 3.97. The van der Waals surface area contributed by atoms with Crippen LogP contribution in [0.5, 0.6) is 0 Å². The van der Waals surface area contributed by atoms with Gasteiger partial charge in [-0.3, -0.25) is 4.79 Å². The number of hydrogen-bond donors (Lipinski definition) is 1. The minimum absolute atomic E-state index is 0.0265. The van der Waals surface area contributed by atoms with Crippen molar-refractivity contribution in [3.05, 3.63) is 29.2 Å². The highest BCUT2D eigenvalue weighted by molar-refractivity contribution is 5.93. The lowest BCUT2D eigenvalue weighted by molar-refractivity contribution is -0.142. The number of amides is 1. The fourth-order valence-electron chi connectivity index (χ4n) is 2.25. The van der Waals surface area contributed by atoms with E-state index in [2.05, 4.69) is 15.4 Å². The molecule has 9 heteroatoms. The molecule has 2 aromatic rings. The van der Waals surface area contributed by atoms with Gasteiger partial charge in [0.1, 0.15) is 5.69 Å². The molecule has 1 aliphatic carbocycles. The number of aromatic nitrogens is 3. The number of nitrogens with one attached hydrogen (secondary N) is 1. The minimum atomic E-state index is -4.57. The number of methoxy groups -OCH3 is 1. The largest absolute Gasteiger partial charge is 0.433 e. The molecule has 0 aliphatic heterocycles. The number of fused-ring (bicyclic) bond motifs is 1. The maximum atomic E-state index is 13.2. The molecule has 2 aromatic heterocycles. The van der Waals surface area contributed by atoms with Gasteiger partial charge in [-0.1, -0.05) is 0 Å². The monoisotopic (exact) mass is 328 g/mol. The van der Waals surface area contributed by atoms with Crippen molar-refractivity contribution in [1.29, 1.82) is 0 Å². The number of alkyl halides is 3. The third kappa shape index (κ3) is 3.29. The summed E-state index contributed by atoms with van der Waals surface area (Å²) in [6.45, 7) is 0.549. The highest BCUT2D eigenvalue weighted by Gasteiger charge is 2.37. The molecular weight excluding hydrogens is 313 g/mol. The molecule has 1 aliphatic rings. The van der Waals surface area contributed by atoms with Gasteiger partial charge in [0.2, 0.25) is 0 Å². The lowest BCUT2D eigenvalue weighted by Crippen LogP contribution is -2.27. The van der Waals surface area contributed by atoms with Crippen molar-refractivity contribution in [2.24, 2.45) is 0 Å². The smallest absolute Gasteiger partial charge is 0.383 e. The minimum Gasteiger partial charge on any atom is -0.383 e. The van der Waals surface area contributed by atoms with Gasteiger partial charge in [0.15, 0.2) is 11.3 Å². The summed E-state index contributed by atoms with van der Waals surface area (Å²) >= 11 is 0. The van der Waals surface area contributed by atoms with Gasteiger partial charge in [-0.25, -0.2) is 9.50 Å². The summed E-state index contributed by atoms with van der Waals surface area (Å²) in [5, 5.41) is 6.28. The van der Waals surface area contributed by atoms with Crippen LogP contribution in [0.1, 0.15) is 40.6 Å². The van der Waals surface area contributed by atoms with Gasteiger partial charge in [0, 0.05) is 31.3 Å². The average Bonchev–Trinajstić information content (AvgIpc) is 3.24. The van der Waals surface area contributed by atoms with Gasteiger partial charge in [0.05, 0.1) is 6.61 Å². The third-order valence-electron chi connectivity index (χ3n) is 3.56. The molecule has 0 atom stereocenters. The number of carbonyl (C=O) groups excluding carboxylic acids is 1. The van der Waals surface area contributed by atoms with Crippen LogP contribution in [0.4, 0.5) is 13.2 Å². The second-order valence-corrected chi connectivity index (χ2v) is 5.39. The van der Waals surface area contributed by atoms with E-state index in [1.165, 1.54) is 13.2 Å². The molecule has 1 N–H and O–H groups in total. The van der Waals surface area contributed by atoms with Crippen molar-refractivity contribution in [1.82, 2.24) is 19.9 Å². The Hall–Kier alpha value is -2.16. The quantitative estimate of drug-likeness (QED) is 0.853. The number of carbonyl (C=O) groups is 1. The van der Waals surface area contributed by atoms with E-state index in [-0.39, 0.29) is 23.8 Å². The van der Waals surface area contributed by atoms with E-state index in [9.17, 15) is 18.0 Å². The fourth-order valence-corrected chi connectivity index (χ4v) is 2.25. The van der Waals surface area contributed by atoms with Crippen LogP contribution in [0.2, 0.25) is 0 Å². The predicted molar refractivity (Wildman–Crippen MR) is 74.2 cm³/mol. The van der Waals surface area contributed by atoms with Crippen LogP contribution < -0.4 is 5.32 Å². The van der Waals surface area contributed by atoms with Gasteiger partial charge in [-0.2, -0.15) is 18.3 Å². The summed E-state index contributed by atoms with van der Waals surface area (Å²) in [6, 6.07) is 2.29. The van der Waals surface area contributed by atoms with E-state index >= 15 is 0 Å². The first-order chi connectivity index (χ1) is 10.9. The summed E-state index contributed by atoms with van der Waals surface area (Å²) in [4.78, 5) is 16.1. The summed E-state index contributed by atoms with van der Waals surface area (Å²) in [7, 11) is 1.48. The first-order valence-corrected chi connectivity index (χ1v) is 7.15. The normalized spacial score (nSPS) is 15.1. The van der Waals surface area contributed by atoms with Crippen LogP contribution in [0.25, 0.3) is 5.65 Å². The Labute approximate surface area is 129 Å². The van der Waals surface area contributed by atoms with Crippen molar-refractivity contribution < 1.29 is 22.7 Å². The van der Waals surface area contributed by atoms with Crippen molar-refractivity contribution in [3.8, 4) is 0 Å². The summed E-state index contributed by atoms with van der Waals surface area (Å²) in [5.41, 5.74) is -0.595. The summed E-state index contributed by atoms with van der Waals surface area (Å²) in [6.07, 6.45) is -2.90. The number of halogens is 3. The molecule has 2 heterocycles. The zero-order valence-corrected chi connectivity index (χ0v) is 12.4. The van der Waals surface area contributed by atoms with Crippen LogP contribution in [-0.2, 0) is 10.9 Å². The van der Waals surface area contributed by atoms with E-state index in [1.807, 2.05) is 0 Å². The molecular formula is C14H15F3N4O2. The Morgan fingerprint density at radius 3 is 2.78 bits per heavy atom. The molecule has 0 saturated heterocycles. The SMILES string of the molecule is COCCNC(=O)c1cc2nc(C3CC3)cc(C(F)(F)F)n2n1. The average molecular weight is 328 g/mol. The second-order valence-electron chi connectivity index (χ2n) is 5.39. The zero-order chi connectivity index (χ0) is 16.6. The van der Waals surface area contributed by atoms with Crippen LogP contribution in [0.3, 0.4) is 0 Å². The van der Waals surface area contributed by atoms with Crippen molar-refractivity contribution in [3.63, 3.8) is 0 Å². The molecule has 0 radical (unpaired) electrons. The molecule has 1 fully saturated rings. The summed E-state index contributed by atoms with van der Waals surface area (Å²) in [5.74, 6) is -0.497. The topological polar surface area (TPSA) is 68.5 Å². The first-order valence-electron chi connectivity index (χ1n) is 7.15. The van der Waals surface area contributed by atoms with Crippen molar-refractivity contribution in [2.45, 2.75) is 24.9 Å². The van der Waals surface area contributed by atoms with Crippen molar-refractivity contribution >= 4 is 11.6 Å². The van der Waals surface area contributed by atoms with E-state index in [0.29, 0.717) is 16.8 Å². The molecule has 0 spiro atoms. The van der Waals surface area contributed by atoms with Crippen LogP contribution in [0, 0.1) is 0 Å². The number of nitrogens with zero attached hydrogens (tertiary/aromatic N) is 3. The lowest BCUT2D eigenvalue weighted by atomic mass is 10.2. The third-order valence-corrected chi connectivity index (χ3v) is 3.56. The van der Waals surface area contributed by atoms with Crippen LogP contribution >= 0.6 is 0 Å². The zero-order valence-electron chi connectivity index (χ0n) is 12.4. The predicted octanol–water partition coefficient (Wildman–Crippen LogP) is 2.00. The molecule has 0 aromatic carbocycles. The Morgan fingerprint density at radius 2 is 2.17 bits per heavy atom. The molecule has 124 valence electrons. The molecule has 3 rings (SSSR count). The second kappa shape index (κ2) is 5.80. The molecule has 1 amide bonds. The standard InChI is InChI=1S/C14H15F3N4O2/c1-23-5-4-18-13(22)10-7-12-19-9(8-2-3-8)6-11(14(15,16)17)21(12)20-10/h6-8H,2-5H2,1H3,(H,18,22). The van der Waals surface area contributed by atoms with Gasteiger partial charge < -0.3 is 10.1 Å². The van der Waals surface area contributed by atoms with Gasteiger partial charge in [-0.15, -0.1) is 0 Å². The highest BCUT2D eigenvalue weighted by atomic mass is 19.4. The lowest BCUT2D eigenvalue weighted by Gasteiger charge is -2.10. The molecule has 23 heavy (non-hydrogen) atoms. The number of rotatable bonds is 5. The maximum absolute atomic E-state index is 13.2. The number of ether oxygens (including phenoxy) is 1. The van der Waals surface area contributed by atoms with Crippen LogP contribution in [0.15, 0.2) is 12.1 Å². The van der Waals surface area contributed by atoms with Gasteiger partial charge >= 0.3 is 6.18 Å². The van der Waals surface area contributed by atoms with Crippen LogP contribution in [-0.4, -0.2) is 40.8 Å². The Bertz CT molecular complexity index is 737. The molecule has 1 saturated carbocycles. The Morgan fingerprint density at radius 1 is 1.43 bits per heavy atom. The van der Waals surface area contributed by atoms with E-state index < -0.39 is 17.8 Å². The van der Waals surface area contributed by atoms with E-state index in [0.717, 1.165) is 18.9 Å².